The first-order valence-corrected chi connectivity index (χ1v) is 20.7. The van der Waals surface area contributed by atoms with Gasteiger partial charge in [0.1, 0.15) is 11.2 Å². The van der Waals surface area contributed by atoms with Crippen LogP contribution < -0.4 is 0 Å². The third kappa shape index (κ3) is 4.82. The summed E-state index contributed by atoms with van der Waals surface area (Å²) in [6, 6.07) is 77.5. The molecule has 2 aromatic heterocycles. The fourth-order valence-corrected chi connectivity index (χ4v) is 10.1. The van der Waals surface area contributed by atoms with E-state index in [1.807, 2.05) is 6.07 Å². The van der Waals surface area contributed by atoms with Crippen molar-refractivity contribution in [1.82, 2.24) is 4.57 Å². The number of furan rings is 1. The van der Waals surface area contributed by atoms with Crippen molar-refractivity contribution >= 4 is 86.8 Å². The Morgan fingerprint density at radius 2 is 0.867 bits per heavy atom. The molecule has 0 radical (unpaired) electrons. The highest BCUT2D eigenvalue weighted by molar-refractivity contribution is 6.26. The summed E-state index contributed by atoms with van der Waals surface area (Å²) < 4.78 is 9.13. The summed E-state index contributed by atoms with van der Waals surface area (Å²) in [6.45, 7) is 0. The van der Waals surface area contributed by atoms with Crippen LogP contribution in [-0.4, -0.2) is 4.57 Å². The predicted molar refractivity (Wildman–Crippen MR) is 254 cm³/mol. The van der Waals surface area contributed by atoms with Crippen molar-refractivity contribution in [3.05, 3.63) is 212 Å². The average molecular weight is 762 g/mol. The van der Waals surface area contributed by atoms with Crippen LogP contribution in [0.1, 0.15) is 0 Å². The van der Waals surface area contributed by atoms with Gasteiger partial charge < -0.3 is 8.98 Å². The molecule has 0 saturated heterocycles. The van der Waals surface area contributed by atoms with Gasteiger partial charge in [0.25, 0.3) is 0 Å². The molecule has 0 N–H and O–H groups in total. The van der Waals surface area contributed by atoms with Crippen molar-refractivity contribution < 1.29 is 4.42 Å². The van der Waals surface area contributed by atoms with Crippen molar-refractivity contribution in [2.45, 2.75) is 0 Å². The fourth-order valence-electron chi connectivity index (χ4n) is 10.1. The van der Waals surface area contributed by atoms with Crippen LogP contribution in [0.4, 0.5) is 0 Å². The minimum Gasteiger partial charge on any atom is -0.455 e. The van der Waals surface area contributed by atoms with Gasteiger partial charge in [0.15, 0.2) is 0 Å². The maximum Gasteiger partial charge on any atom is 0.143 e. The van der Waals surface area contributed by atoms with E-state index in [1.54, 1.807) is 0 Å². The molecule has 11 aromatic carbocycles. The Hall–Kier alpha value is -7.94. The highest BCUT2D eigenvalue weighted by Crippen LogP contribution is 2.45. The summed E-state index contributed by atoms with van der Waals surface area (Å²) in [4.78, 5) is 0. The molecule has 0 aliphatic carbocycles. The lowest BCUT2D eigenvalue weighted by molar-refractivity contribution is 0.670. The topological polar surface area (TPSA) is 18.1 Å². The molecular formula is C58H35NO. The van der Waals surface area contributed by atoms with Crippen molar-refractivity contribution in [3.63, 3.8) is 0 Å². The molecule has 0 unspecified atom stereocenters. The molecule has 0 atom stereocenters. The third-order valence-electron chi connectivity index (χ3n) is 12.7. The predicted octanol–water partition coefficient (Wildman–Crippen LogP) is 16.3. The molecule has 0 bridgehead atoms. The summed E-state index contributed by atoms with van der Waals surface area (Å²) in [6.07, 6.45) is 0. The van der Waals surface area contributed by atoms with Gasteiger partial charge >= 0.3 is 0 Å². The van der Waals surface area contributed by atoms with Crippen LogP contribution in [0.25, 0.3) is 126 Å². The Labute approximate surface area is 345 Å². The summed E-state index contributed by atoms with van der Waals surface area (Å²) in [5.41, 5.74) is 12.2. The van der Waals surface area contributed by atoms with Crippen LogP contribution in [0.15, 0.2) is 217 Å². The molecule has 0 saturated carbocycles. The summed E-state index contributed by atoms with van der Waals surface area (Å²) >= 11 is 0. The molecule has 0 aliphatic heterocycles. The highest BCUT2D eigenvalue weighted by atomic mass is 16.3. The van der Waals surface area contributed by atoms with Crippen LogP contribution in [0.3, 0.4) is 0 Å². The largest absolute Gasteiger partial charge is 0.455 e. The van der Waals surface area contributed by atoms with Crippen LogP contribution >= 0.6 is 0 Å². The van der Waals surface area contributed by atoms with Gasteiger partial charge in [0.05, 0.1) is 11.0 Å². The van der Waals surface area contributed by atoms with E-state index in [9.17, 15) is 0 Å². The SMILES string of the molecule is c1cc(-c2cccc(-n3c4ccc5ccccc5c4c4cccc(-c5cccc6c5oc5ccccc56)c43)c2)cc(-c2ccc3c4ccccc4c4ccccc4c3c2)c1. The lowest BCUT2D eigenvalue weighted by Crippen LogP contribution is -1.96. The number of nitrogens with zero attached hydrogens (tertiary/aromatic N) is 1. The number of rotatable bonds is 4. The maximum atomic E-state index is 6.66. The van der Waals surface area contributed by atoms with Gasteiger partial charge in [-0.2, -0.15) is 0 Å². The van der Waals surface area contributed by atoms with Crippen LogP contribution in [0, 0.1) is 0 Å². The Morgan fingerprint density at radius 3 is 1.63 bits per heavy atom. The van der Waals surface area contributed by atoms with Crippen LogP contribution in [0.5, 0.6) is 0 Å². The van der Waals surface area contributed by atoms with Crippen molar-refractivity contribution in [1.29, 1.82) is 0 Å². The molecule has 0 amide bonds. The Morgan fingerprint density at radius 1 is 0.317 bits per heavy atom. The van der Waals surface area contributed by atoms with E-state index in [1.165, 1.54) is 87.1 Å². The lowest BCUT2D eigenvalue weighted by Gasteiger charge is -2.14. The lowest BCUT2D eigenvalue weighted by atomic mass is 9.91. The van der Waals surface area contributed by atoms with E-state index in [0.717, 1.165) is 38.8 Å². The van der Waals surface area contributed by atoms with E-state index in [-0.39, 0.29) is 0 Å². The molecule has 2 heteroatoms. The van der Waals surface area contributed by atoms with Gasteiger partial charge in [-0.15, -0.1) is 0 Å². The van der Waals surface area contributed by atoms with Gasteiger partial charge in [0, 0.05) is 38.4 Å². The number of para-hydroxylation sites is 3. The van der Waals surface area contributed by atoms with Gasteiger partial charge in [-0.05, 0) is 102 Å². The van der Waals surface area contributed by atoms with Crippen LogP contribution in [0.2, 0.25) is 0 Å². The molecule has 0 spiro atoms. The molecule has 0 aliphatic rings. The van der Waals surface area contributed by atoms with E-state index in [0.29, 0.717) is 0 Å². The van der Waals surface area contributed by atoms with E-state index in [4.69, 9.17) is 4.42 Å². The number of fused-ring (bicyclic) bond motifs is 14. The molecule has 0 fully saturated rings. The first-order chi connectivity index (χ1) is 29.8. The number of aromatic nitrogens is 1. The molecular weight excluding hydrogens is 727 g/mol. The summed E-state index contributed by atoms with van der Waals surface area (Å²) in [5, 5.41) is 14.9. The minimum atomic E-state index is 0.902. The summed E-state index contributed by atoms with van der Waals surface area (Å²) in [5.74, 6) is 0. The average Bonchev–Trinajstić information content (AvgIpc) is 3.88. The first-order valence-electron chi connectivity index (χ1n) is 20.7. The third-order valence-corrected chi connectivity index (χ3v) is 12.7. The second kappa shape index (κ2) is 12.8. The monoisotopic (exact) mass is 761 g/mol. The Kier molecular flexibility index (Phi) is 7.05. The smallest absolute Gasteiger partial charge is 0.143 e. The quantitative estimate of drug-likeness (QED) is 0.163. The van der Waals surface area contributed by atoms with Crippen molar-refractivity contribution in [2.75, 3.05) is 0 Å². The molecule has 278 valence electrons. The first kappa shape index (κ1) is 33.1. The molecule has 60 heavy (non-hydrogen) atoms. The molecule has 13 rings (SSSR count). The van der Waals surface area contributed by atoms with E-state index >= 15 is 0 Å². The number of benzene rings is 11. The van der Waals surface area contributed by atoms with Gasteiger partial charge in [-0.3, -0.25) is 0 Å². The maximum absolute atomic E-state index is 6.66. The second-order valence-electron chi connectivity index (χ2n) is 16.0. The number of hydrogen-bond donors (Lipinski definition) is 0. The zero-order chi connectivity index (χ0) is 39.3. The van der Waals surface area contributed by atoms with Gasteiger partial charge in [-0.25, -0.2) is 0 Å². The zero-order valence-electron chi connectivity index (χ0n) is 32.6. The minimum absolute atomic E-state index is 0.902. The van der Waals surface area contributed by atoms with Crippen molar-refractivity contribution in [3.8, 4) is 39.1 Å². The Balaban J connectivity index is 1.01. The standard InChI is InChI=1S/C58H35NO/c1-2-18-42-36(13-1)30-32-54-56(42)52-27-11-24-49(51-26-12-25-50-48-23-7-8-28-55(48)60-58(50)51)57(52)59(54)41-17-10-16-39(34-41)37-14-9-15-38(33-37)40-29-31-47-45-21-4-3-19-43(45)44-20-5-6-22-46(44)53(47)35-40/h1-35H. The van der Waals surface area contributed by atoms with Crippen LogP contribution in [-0.2, 0) is 0 Å². The fraction of sp³-hybridized carbons (Fsp3) is 0. The normalized spacial score (nSPS) is 12.0. The summed E-state index contributed by atoms with van der Waals surface area (Å²) in [7, 11) is 0. The zero-order valence-corrected chi connectivity index (χ0v) is 32.6. The van der Waals surface area contributed by atoms with Gasteiger partial charge in [-0.1, -0.05) is 176 Å². The molecule has 13 aromatic rings. The highest BCUT2D eigenvalue weighted by Gasteiger charge is 2.21. The molecule has 2 nitrogen and oxygen atoms in total. The van der Waals surface area contributed by atoms with E-state index < -0.39 is 0 Å². The van der Waals surface area contributed by atoms with Crippen molar-refractivity contribution in [2.24, 2.45) is 0 Å². The van der Waals surface area contributed by atoms with Gasteiger partial charge in [0.2, 0.25) is 0 Å². The Bertz CT molecular complexity index is 3860. The second-order valence-corrected chi connectivity index (χ2v) is 16.0. The number of hydrogen-bond acceptors (Lipinski definition) is 1. The van der Waals surface area contributed by atoms with E-state index in [2.05, 4.69) is 211 Å². The molecule has 2 heterocycles.